The summed E-state index contributed by atoms with van der Waals surface area (Å²) in [4.78, 5) is 20.2. The molecule has 1 aromatic carbocycles. The van der Waals surface area contributed by atoms with E-state index in [1.165, 1.54) is 6.33 Å². The molecule has 0 aliphatic heterocycles. The van der Waals surface area contributed by atoms with Crippen molar-refractivity contribution in [3.05, 3.63) is 46.9 Å². The van der Waals surface area contributed by atoms with E-state index in [1.807, 2.05) is 12.1 Å². The van der Waals surface area contributed by atoms with Crippen molar-refractivity contribution in [1.82, 2.24) is 9.97 Å². The van der Waals surface area contributed by atoms with Crippen molar-refractivity contribution in [1.29, 1.82) is 0 Å². The Kier molecular flexibility index (Phi) is 4.12. The Morgan fingerprint density at radius 3 is 2.58 bits per heavy atom. The van der Waals surface area contributed by atoms with Gasteiger partial charge in [0, 0.05) is 10.6 Å². The normalized spacial score (nSPS) is 10.3. The summed E-state index contributed by atoms with van der Waals surface area (Å²) in [6, 6.07) is 7.13. The van der Waals surface area contributed by atoms with Crippen LogP contribution in [0.25, 0.3) is 11.3 Å². The van der Waals surface area contributed by atoms with Crippen molar-refractivity contribution in [2.75, 3.05) is 6.61 Å². The Hall–Kier alpha value is -1.94. The molecule has 0 aliphatic rings. The first kappa shape index (κ1) is 13.5. The number of aromatic nitrogens is 2. The van der Waals surface area contributed by atoms with E-state index < -0.39 is 5.97 Å². The maximum atomic E-state index is 12.0. The standard InChI is InChI=1S/C14H13ClN2O2/c1-3-19-14(18)12-9(2)16-8-17-13(12)10-4-6-11(15)7-5-10/h4-8H,3H2,1-2H3. The highest BCUT2D eigenvalue weighted by Gasteiger charge is 2.18. The van der Waals surface area contributed by atoms with Gasteiger partial charge < -0.3 is 4.74 Å². The van der Waals surface area contributed by atoms with Gasteiger partial charge in [0.15, 0.2) is 0 Å². The van der Waals surface area contributed by atoms with Crippen LogP contribution in [0.3, 0.4) is 0 Å². The van der Waals surface area contributed by atoms with E-state index in [-0.39, 0.29) is 0 Å². The summed E-state index contributed by atoms with van der Waals surface area (Å²) < 4.78 is 5.05. The van der Waals surface area contributed by atoms with Crippen LogP contribution in [0.4, 0.5) is 0 Å². The molecule has 0 fully saturated rings. The molecule has 5 heteroatoms. The number of aryl methyl sites for hydroxylation is 1. The molecule has 0 amide bonds. The summed E-state index contributed by atoms with van der Waals surface area (Å²) in [6.45, 7) is 3.83. The first-order valence-corrected chi connectivity index (χ1v) is 6.26. The lowest BCUT2D eigenvalue weighted by Crippen LogP contribution is -2.11. The first-order valence-electron chi connectivity index (χ1n) is 5.88. The van der Waals surface area contributed by atoms with E-state index in [4.69, 9.17) is 16.3 Å². The van der Waals surface area contributed by atoms with E-state index >= 15 is 0 Å². The van der Waals surface area contributed by atoms with Gasteiger partial charge in [-0.25, -0.2) is 14.8 Å². The Morgan fingerprint density at radius 2 is 1.95 bits per heavy atom. The SMILES string of the molecule is CCOC(=O)c1c(C)ncnc1-c1ccc(Cl)cc1. The van der Waals surface area contributed by atoms with Gasteiger partial charge in [0.25, 0.3) is 0 Å². The van der Waals surface area contributed by atoms with Crippen LogP contribution >= 0.6 is 11.6 Å². The summed E-state index contributed by atoms with van der Waals surface area (Å²) in [5.74, 6) is -0.412. The number of hydrogen-bond acceptors (Lipinski definition) is 4. The minimum Gasteiger partial charge on any atom is -0.462 e. The first-order chi connectivity index (χ1) is 9.13. The summed E-state index contributed by atoms with van der Waals surface area (Å²) >= 11 is 5.86. The average Bonchev–Trinajstić information content (AvgIpc) is 2.39. The summed E-state index contributed by atoms with van der Waals surface area (Å²) in [5, 5.41) is 0.632. The minimum atomic E-state index is -0.412. The highest BCUT2D eigenvalue weighted by Crippen LogP contribution is 2.24. The predicted molar refractivity (Wildman–Crippen MR) is 73.2 cm³/mol. The molecule has 1 heterocycles. The Balaban J connectivity index is 2.54. The van der Waals surface area contributed by atoms with Crippen molar-refractivity contribution < 1.29 is 9.53 Å². The number of nitrogens with zero attached hydrogens (tertiary/aromatic N) is 2. The lowest BCUT2D eigenvalue weighted by atomic mass is 10.0. The van der Waals surface area contributed by atoms with E-state index in [9.17, 15) is 4.79 Å². The van der Waals surface area contributed by atoms with E-state index in [2.05, 4.69) is 9.97 Å². The van der Waals surface area contributed by atoms with Crippen LogP contribution in [0.5, 0.6) is 0 Å². The number of carbonyl (C=O) groups is 1. The molecule has 0 bridgehead atoms. The van der Waals surface area contributed by atoms with Crippen LogP contribution in [-0.4, -0.2) is 22.5 Å². The van der Waals surface area contributed by atoms with E-state index in [1.54, 1.807) is 26.0 Å². The molecule has 0 atom stereocenters. The Labute approximate surface area is 116 Å². The monoisotopic (exact) mass is 276 g/mol. The second-order valence-corrected chi connectivity index (χ2v) is 4.35. The van der Waals surface area contributed by atoms with Gasteiger partial charge in [-0.2, -0.15) is 0 Å². The average molecular weight is 277 g/mol. The zero-order chi connectivity index (χ0) is 13.8. The Bertz CT molecular complexity index is 597. The summed E-state index contributed by atoms with van der Waals surface area (Å²) in [7, 11) is 0. The highest BCUT2D eigenvalue weighted by molar-refractivity contribution is 6.30. The molecule has 0 radical (unpaired) electrons. The molecular weight excluding hydrogens is 264 g/mol. The molecule has 0 aliphatic carbocycles. The van der Waals surface area contributed by atoms with Gasteiger partial charge in [0.2, 0.25) is 0 Å². The number of carbonyl (C=O) groups excluding carboxylic acids is 1. The number of halogens is 1. The maximum Gasteiger partial charge on any atom is 0.342 e. The molecule has 1 aromatic heterocycles. The molecule has 0 saturated heterocycles. The van der Waals surface area contributed by atoms with Crippen molar-refractivity contribution >= 4 is 17.6 Å². The molecule has 0 N–H and O–H groups in total. The molecular formula is C14H13ClN2O2. The zero-order valence-corrected chi connectivity index (χ0v) is 11.4. The van der Waals surface area contributed by atoms with Crippen LogP contribution in [0.15, 0.2) is 30.6 Å². The van der Waals surface area contributed by atoms with Gasteiger partial charge in [0.05, 0.1) is 18.0 Å². The van der Waals surface area contributed by atoms with Gasteiger partial charge >= 0.3 is 5.97 Å². The van der Waals surface area contributed by atoms with Crippen molar-refractivity contribution in [2.45, 2.75) is 13.8 Å². The van der Waals surface area contributed by atoms with E-state index in [0.29, 0.717) is 28.6 Å². The van der Waals surface area contributed by atoms with Gasteiger partial charge in [0.1, 0.15) is 11.9 Å². The lowest BCUT2D eigenvalue weighted by molar-refractivity contribution is 0.0525. The van der Waals surface area contributed by atoms with Crippen LogP contribution in [-0.2, 0) is 4.74 Å². The van der Waals surface area contributed by atoms with Crippen LogP contribution in [0, 0.1) is 6.92 Å². The third-order valence-corrected chi connectivity index (χ3v) is 2.89. The van der Waals surface area contributed by atoms with Crippen molar-refractivity contribution in [3.63, 3.8) is 0 Å². The van der Waals surface area contributed by atoms with E-state index in [0.717, 1.165) is 5.56 Å². The third kappa shape index (κ3) is 2.90. The van der Waals surface area contributed by atoms with Crippen molar-refractivity contribution in [3.8, 4) is 11.3 Å². The number of rotatable bonds is 3. The fraction of sp³-hybridized carbons (Fsp3) is 0.214. The number of hydrogen-bond donors (Lipinski definition) is 0. The Morgan fingerprint density at radius 1 is 1.26 bits per heavy atom. The minimum absolute atomic E-state index is 0.313. The molecule has 0 saturated carbocycles. The number of esters is 1. The van der Waals surface area contributed by atoms with Crippen molar-refractivity contribution in [2.24, 2.45) is 0 Å². The van der Waals surface area contributed by atoms with Gasteiger partial charge in [-0.05, 0) is 26.0 Å². The third-order valence-electron chi connectivity index (χ3n) is 2.63. The molecule has 2 aromatic rings. The number of ether oxygens (including phenoxy) is 1. The fourth-order valence-corrected chi connectivity index (χ4v) is 1.87. The molecule has 0 unspecified atom stereocenters. The quantitative estimate of drug-likeness (QED) is 0.807. The molecule has 4 nitrogen and oxygen atoms in total. The molecule has 98 valence electrons. The van der Waals surface area contributed by atoms with Crippen LogP contribution < -0.4 is 0 Å². The van der Waals surface area contributed by atoms with Gasteiger partial charge in [-0.1, -0.05) is 23.7 Å². The van der Waals surface area contributed by atoms with Gasteiger partial charge in [-0.3, -0.25) is 0 Å². The largest absolute Gasteiger partial charge is 0.462 e. The maximum absolute atomic E-state index is 12.0. The topological polar surface area (TPSA) is 52.1 Å². The molecule has 19 heavy (non-hydrogen) atoms. The fourth-order valence-electron chi connectivity index (χ4n) is 1.75. The molecule has 2 rings (SSSR count). The summed E-state index contributed by atoms with van der Waals surface area (Å²) in [6.07, 6.45) is 1.43. The van der Waals surface area contributed by atoms with Crippen LogP contribution in [0.2, 0.25) is 5.02 Å². The predicted octanol–water partition coefficient (Wildman–Crippen LogP) is 3.28. The summed E-state index contributed by atoms with van der Waals surface area (Å²) in [5.41, 5.74) is 2.35. The second-order valence-electron chi connectivity index (χ2n) is 3.91. The second kappa shape index (κ2) is 5.80. The lowest BCUT2D eigenvalue weighted by Gasteiger charge is -2.10. The highest BCUT2D eigenvalue weighted by atomic mass is 35.5. The molecule has 0 spiro atoms. The number of benzene rings is 1. The smallest absolute Gasteiger partial charge is 0.342 e. The van der Waals surface area contributed by atoms with Gasteiger partial charge in [-0.15, -0.1) is 0 Å². The zero-order valence-electron chi connectivity index (χ0n) is 10.7. The van der Waals surface area contributed by atoms with Crippen LogP contribution in [0.1, 0.15) is 23.0 Å².